The lowest BCUT2D eigenvalue weighted by Crippen LogP contribution is -2.38. The second-order valence-corrected chi connectivity index (χ2v) is 6.38. The summed E-state index contributed by atoms with van der Waals surface area (Å²) in [7, 11) is 0. The SMILES string of the molecule is O=C(c1ccsc1)N(Nc1nc2ccc(Cl)cc2o1)C1CC1. The number of nitrogens with zero attached hydrogens (tertiary/aromatic N) is 2. The van der Waals surface area contributed by atoms with Crippen molar-refractivity contribution in [1.29, 1.82) is 0 Å². The van der Waals surface area contributed by atoms with Crippen LogP contribution < -0.4 is 5.43 Å². The van der Waals surface area contributed by atoms with Crippen molar-refractivity contribution in [2.24, 2.45) is 0 Å². The van der Waals surface area contributed by atoms with E-state index in [9.17, 15) is 4.79 Å². The molecule has 1 amide bonds. The van der Waals surface area contributed by atoms with E-state index in [2.05, 4.69) is 10.4 Å². The van der Waals surface area contributed by atoms with E-state index >= 15 is 0 Å². The summed E-state index contributed by atoms with van der Waals surface area (Å²) in [6.07, 6.45) is 1.96. The zero-order chi connectivity index (χ0) is 15.1. The second-order valence-electron chi connectivity index (χ2n) is 5.16. The van der Waals surface area contributed by atoms with Gasteiger partial charge in [0.15, 0.2) is 5.58 Å². The number of nitrogens with one attached hydrogen (secondary N) is 1. The normalized spacial score (nSPS) is 14.2. The van der Waals surface area contributed by atoms with E-state index < -0.39 is 0 Å². The first-order valence-electron chi connectivity index (χ1n) is 6.89. The van der Waals surface area contributed by atoms with Crippen molar-refractivity contribution < 1.29 is 9.21 Å². The smallest absolute Gasteiger partial charge is 0.315 e. The van der Waals surface area contributed by atoms with Gasteiger partial charge in [-0.15, -0.1) is 0 Å². The first-order chi connectivity index (χ1) is 10.7. The number of halogens is 1. The number of aromatic nitrogens is 1. The van der Waals surface area contributed by atoms with Gasteiger partial charge in [0.05, 0.1) is 11.6 Å². The minimum atomic E-state index is -0.0657. The van der Waals surface area contributed by atoms with E-state index in [0.717, 1.165) is 12.8 Å². The average molecular weight is 334 g/mol. The molecule has 0 radical (unpaired) electrons. The first kappa shape index (κ1) is 13.6. The molecule has 1 fully saturated rings. The van der Waals surface area contributed by atoms with Crippen LogP contribution in [-0.4, -0.2) is 21.9 Å². The zero-order valence-corrected chi connectivity index (χ0v) is 13.0. The molecule has 112 valence electrons. The Balaban J connectivity index is 1.62. The van der Waals surface area contributed by atoms with Gasteiger partial charge in [-0.05, 0) is 36.4 Å². The van der Waals surface area contributed by atoms with Gasteiger partial charge in [0.25, 0.3) is 5.91 Å². The summed E-state index contributed by atoms with van der Waals surface area (Å²) in [5.41, 5.74) is 4.97. The van der Waals surface area contributed by atoms with Crippen LogP contribution in [0.4, 0.5) is 6.01 Å². The Morgan fingerprint density at radius 2 is 2.27 bits per heavy atom. The molecule has 0 saturated heterocycles. The van der Waals surface area contributed by atoms with Gasteiger partial charge < -0.3 is 4.42 Å². The van der Waals surface area contributed by atoms with Crippen LogP contribution in [0.1, 0.15) is 23.2 Å². The number of anilines is 1. The van der Waals surface area contributed by atoms with Gasteiger partial charge in [-0.3, -0.25) is 4.79 Å². The summed E-state index contributed by atoms with van der Waals surface area (Å²) >= 11 is 7.44. The lowest BCUT2D eigenvalue weighted by molar-refractivity contribution is 0.0779. The molecule has 0 atom stereocenters. The van der Waals surface area contributed by atoms with E-state index in [-0.39, 0.29) is 11.9 Å². The van der Waals surface area contributed by atoms with Crippen LogP contribution >= 0.6 is 22.9 Å². The molecule has 4 rings (SSSR count). The number of thiophene rings is 1. The standard InChI is InChI=1S/C15H12ClN3O2S/c16-10-1-4-12-13(7-10)21-15(17-12)18-19(11-2-3-11)14(20)9-5-6-22-8-9/h1,4-8,11H,2-3H2,(H,17,18). The van der Waals surface area contributed by atoms with E-state index in [1.54, 1.807) is 23.2 Å². The highest BCUT2D eigenvalue weighted by Crippen LogP contribution is 2.30. The van der Waals surface area contributed by atoms with Crippen molar-refractivity contribution in [3.05, 3.63) is 45.6 Å². The van der Waals surface area contributed by atoms with Crippen LogP contribution in [0.2, 0.25) is 5.02 Å². The molecule has 0 bridgehead atoms. The maximum Gasteiger partial charge on any atom is 0.315 e. The van der Waals surface area contributed by atoms with Crippen LogP contribution in [0.15, 0.2) is 39.4 Å². The number of oxazole rings is 1. The Morgan fingerprint density at radius 3 is 3.00 bits per heavy atom. The van der Waals surface area contributed by atoms with E-state index in [0.29, 0.717) is 27.7 Å². The van der Waals surface area contributed by atoms with Gasteiger partial charge in [-0.2, -0.15) is 16.3 Å². The van der Waals surface area contributed by atoms with Crippen molar-refractivity contribution in [2.45, 2.75) is 18.9 Å². The minimum absolute atomic E-state index is 0.0657. The minimum Gasteiger partial charge on any atom is -0.422 e. The van der Waals surface area contributed by atoms with Gasteiger partial charge in [0.2, 0.25) is 0 Å². The lowest BCUT2D eigenvalue weighted by Gasteiger charge is -2.21. The maximum atomic E-state index is 12.5. The third-order valence-corrected chi connectivity index (χ3v) is 4.38. The highest BCUT2D eigenvalue weighted by molar-refractivity contribution is 7.08. The second kappa shape index (κ2) is 5.30. The number of carbonyl (C=O) groups excluding carboxylic acids is 1. The molecule has 5 nitrogen and oxygen atoms in total. The molecule has 1 saturated carbocycles. The summed E-state index contributed by atoms with van der Waals surface area (Å²) in [6.45, 7) is 0. The predicted octanol–water partition coefficient (Wildman–Crippen LogP) is 4.17. The highest BCUT2D eigenvalue weighted by Gasteiger charge is 2.34. The number of hydrogen-bond acceptors (Lipinski definition) is 5. The average Bonchev–Trinajstić information content (AvgIpc) is 3.05. The van der Waals surface area contributed by atoms with Gasteiger partial charge in [-0.25, -0.2) is 10.4 Å². The van der Waals surface area contributed by atoms with Crippen LogP contribution in [-0.2, 0) is 0 Å². The number of fused-ring (bicyclic) bond motifs is 1. The van der Waals surface area contributed by atoms with E-state index in [4.69, 9.17) is 16.0 Å². The van der Waals surface area contributed by atoms with Gasteiger partial charge in [-0.1, -0.05) is 11.6 Å². The van der Waals surface area contributed by atoms with Crippen LogP contribution in [0.5, 0.6) is 0 Å². The molecular formula is C15H12ClN3O2S. The van der Waals surface area contributed by atoms with E-state index in [1.165, 1.54) is 11.3 Å². The lowest BCUT2D eigenvalue weighted by atomic mass is 10.3. The van der Waals surface area contributed by atoms with Crippen LogP contribution in [0, 0.1) is 0 Å². The van der Waals surface area contributed by atoms with Crippen molar-refractivity contribution in [2.75, 3.05) is 5.43 Å². The van der Waals surface area contributed by atoms with E-state index in [1.807, 2.05) is 16.8 Å². The highest BCUT2D eigenvalue weighted by atomic mass is 35.5. The summed E-state index contributed by atoms with van der Waals surface area (Å²) in [4.78, 5) is 16.9. The summed E-state index contributed by atoms with van der Waals surface area (Å²) < 4.78 is 5.63. The molecular weight excluding hydrogens is 322 g/mol. The molecule has 2 aromatic heterocycles. The maximum absolute atomic E-state index is 12.5. The molecule has 1 aromatic carbocycles. The largest absolute Gasteiger partial charge is 0.422 e. The third-order valence-electron chi connectivity index (χ3n) is 3.47. The Hall–Kier alpha value is -2.05. The zero-order valence-electron chi connectivity index (χ0n) is 11.5. The quantitative estimate of drug-likeness (QED) is 0.728. The molecule has 0 aliphatic heterocycles. The molecule has 0 unspecified atom stereocenters. The number of carbonyl (C=O) groups is 1. The molecule has 1 N–H and O–H groups in total. The number of hydrogen-bond donors (Lipinski definition) is 1. The number of benzene rings is 1. The number of amides is 1. The van der Waals surface area contributed by atoms with Crippen molar-refractivity contribution in [1.82, 2.24) is 9.99 Å². The Kier molecular flexibility index (Phi) is 3.28. The molecule has 1 aliphatic rings. The predicted molar refractivity (Wildman–Crippen MR) is 86.2 cm³/mol. The molecule has 3 aromatic rings. The van der Waals surface area contributed by atoms with Gasteiger partial charge in [0.1, 0.15) is 5.52 Å². The first-order valence-corrected chi connectivity index (χ1v) is 8.21. The fourth-order valence-corrected chi connectivity index (χ4v) is 3.01. The van der Waals surface area contributed by atoms with Crippen molar-refractivity contribution >= 4 is 46.0 Å². The fraction of sp³-hybridized carbons (Fsp3) is 0.200. The Bertz CT molecular complexity index is 827. The summed E-state index contributed by atoms with van der Waals surface area (Å²) in [6, 6.07) is 7.55. The Labute approximate surface area is 135 Å². The summed E-state index contributed by atoms with van der Waals surface area (Å²) in [5.74, 6) is -0.0657. The number of rotatable bonds is 4. The monoisotopic (exact) mass is 333 g/mol. The molecule has 2 heterocycles. The summed E-state index contributed by atoms with van der Waals surface area (Å²) in [5, 5.41) is 5.92. The third kappa shape index (κ3) is 2.55. The number of hydrazine groups is 1. The van der Waals surface area contributed by atoms with Gasteiger partial charge >= 0.3 is 6.01 Å². The molecule has 1 aliphatic carbocycles. The molecule has 7 heteroatoms. The molecule has 0 spiro atoms. The van der Waals surface area contributed by atoms with Crippen molar-refractivity contribution in [3.63, 3.8) is 0 Å². The molecule has 22 heavy (non-hydrogen) atoms. The van der Waals surface area contributed by atoms with Crippen LogP contribution in [0.25, 0.3) is 11.1 Å². The fourth-order valence-electron chi connectivity index (χ4n) is 2.22. The van der Waals surface area contributed by atoms with Crippen molar-refractivity contribution in [3.8, 4) is 0 Å². The van der Waals surface area contributed by atoms with Gasteiger partial charge in [0, 0.05) is 16.5 Å². The Morgan fingerprint density at radius 1 is 1.41 bits per heavy atom. The topological polar surface area (TPSA) is 58.4 Å². The van der Waals surface area contributed by atoms with Crippen LogP contribution in [0.3, 0.4) is 0 Å².